The molecule has 19 heavy (non-hydrogen) atoms. The molecule has 2 nitrogen and oxygen atoms in total. The summed E-state index contributed by atoms with van der Waals surface area (Å²) in [4.78, 5) is 3.98. The topological polar surface area (TPSA) is 24.9 Å². The Bertz CT molecular complexity index is 358. The summed E-state index contributed by atoms with van der Waals surface area (Å²) in [6.45, 7) is 9.97. The van der Waals surface area contributed by atoms with Gasteiger partial charge in [-0.25, -0.2) is 0 Å². The summed E-state index contributed by atoms with van der Waals surface area (Å²) in [6.07, 6.45) is 1.79. The Labute approximate surface area is 118 Å². The lowest BCUT2D eigenvalue weighted by atomic mass is 10.3. The molecule has 2 aromatic rings. The van der Waals surface area contributed by atoms with Crippen LogP contribution in [0.3, 0.4) is 0 Å². The number of hydrogen-bond acceptors (Lipinski definition) is 2. The highest BCUT2D eigenvalue weighted by Gasteiger charge is 1.77. The van der Waals surface area contributed by atoms with Gasteiger partial charge < -0.3 is 5.32 Å². The van der Waals surface area contributed by atoms with Gasteiger partial charge in [-0.3, -0.25) is 4.98 Å². The molecule has 0 aliphatic rings. The number of benzene rings is 1. The van der Waals surface area contributed by atoms with Crippen LogP contribution in [0.5, 0.6) is 0 Å². The van der Waals surface area contributed by atoms with Crippen LogP contribution in [0, 0.1) is 6.92 Å². The van der Waals surface area contributed by atoms with Crippen molar-refractivity contribution < 1.29 is 0 Å². The third-order valence-electron chi connectivity index (χ3n) is 1.88. The second-order valence-corrected chi connectivity index (χ2v) is 3.09. The summed E-state index contributed by atoms with van der Waals surface area (Å²) in [5, 5.41) is 3.03. The second kappa shape index (κ2) is 16.2. The van der Waals surface area contributed by atoms with Gasteiger partial charge in [-0.1, -0.05) is 52.0 Å². The van der Waals surface area contributed by atoms with Crippen molar-refractivity contribution in [3.63, 3.8) is 0 Å². The van der Waals surface area contributed by atoms with Crippen molar-refractivity contribution in [2.45, 2.75) is 34.6 Å². The molecule has 0 radical (unpaired) electrons. The number of nitrogens with zero attached hydrogens (tertiary/aromatic N) is 1. The van der Waals surface area contributed by atoms with Crippen molar-refractivity contribution in [2.24, 2.45) is 0 Å². The third kappa shape index (κ3) is 12.4. The van der Waals surface area contributed by atoms with Crippen molar-refractivity contribution in [3.8, 4) is 0 Å². The van der Waals surface area contributed by atoms with Crippen LogP contribution in [0.4, 0.5) is 5.69 Å². The first-order valence-electron chi connectivity index (χ1n) is 6.93. The predicted molar refractivity (Wildman–Crippen MR) is 87.7 cm³/mol. The molecule has 1 heterocycles. The van der Waals surface area contributed by atoms with Gasteiger partial charge in [0.25, 0.3) is 0 Å². The van der Waals surface area contributed by atoms with E-state index in [4.69, 9.17) is 0 Å². The van der Waals surface area contributed by atoms with Crippen LogP contribution in [0.2, 0.25) is 0 Å². The minimum atomic E-state index is 1.07. The average Bonchev–Trinajstić information content (AvgIpc) is 2.53. The smallest absolute Gasteiger partial charge is 0.0372 e. The number of hydrogen-bond donors (Lipinski definition) is 1. The molecule has 0 aliphatic carbocycles. The lowest BCUT2D eigenvalue weighted by Crippen LogP contribution is -1.84. The molecule has 0 saturated heterocycles. The average molecular weight is 260 g/mol. The van der Waals surface area contributed by atoms with Gasteiger partial charge >= 0.3 is 0 Å². The van der Waals surface area contributed by atoms with Crippen molar-refractivity contribution in [1.82, 2.24) is 4.98 Å². The van der Waals surface area contributed by atoms with Gasteiger partial charge in [0.05, 0.1) is 0 Å². The minimum absolute atomic E-state index is 1.07. The van der Waals surface area contributed by atoms with Crippen LogP contribution < -0.4 is 5.32 Å². The summed E-state index contributed by atoms with van der Waals surface area (Å²) in [5.74, 6) is 0. The van der Waals surface area contributed by atoms with E-state index in [1.165, 1.54) is 0 Å². The van der Waals surface area contributed by atoms with Crippen LogP contribution >= 0.6 is 0 Å². The first-order valence-corrected chi connectivity index (χ1v) is 6.93. The van der Waals surface area contributed by atoms with Gasteiger partial charge in [-0.05, 0) is 31.2 Å². The first kappa shape index (κ1) is 19.5. The largest absolute Gasteiger partial charge is 0.388 e. The van der Waals surface area contributed by atoms with Gasteiger partial charge in [-0.15, -0.1) is 0 Å². The lowest BCUT2D eigenvalue weighted by molar-refractivity contribution is 1.20. The summed E-state index contributed by atoms with van der Waals surface area (Å²) in [7, 11) is 1.91. The molecule has 0 spiro atoms. The fourth-order valence-corrected chi connectivity index (χ4v) is 1.05. The highest BCUT2D eigenvalue weighted by Crippen LogP contribution is 2.01. The Morgan fingerprint density at radius 3 is 1.58 bits per heavy atom. The van der Waals surface area contributed by atoms with Crippen LogP contribution in [0.25, 0.3) is 0 Å². The Morgan fingerprint density at radius 2 is 1.32 bits per heavy atom. The van der Waals surface area contributed by atoms with E-state index in [1.54, 1.807) is 6.20 Å². The molecule has 0 aliphatic heterocycles. The molecule has 1 N–H and O–H groups in total. The van der Waals surface area contributed by atoms with E-state index < -0.39 is 0 Å². The first-order chi connectivity index (χ1) is 9.33. The molecule has 0 atom stereocenters. The maximum absolute atomic E-state index is 3.98. The fraction of sp³-hybridized carbons (Fsp3) is 0.353. The number of rotatable bonds is 1. The molecule has 0 saturated carbocycles. The number of nitrogens with one attached hydrogen (secondary N) is 1. The van der Waals surface area contributed by atoms with Crippen LogP contribution in [-0.4, -0.2) is 12.0 Å². The molecule has 1 aromatic carbocycles. The molecule has 0 bridgehead atoms. The summed E-state index contributed by atoms with van der Waals surface area (Å²) < 4.78 is 0. The zero-order valence-corrected chi connectivity index (χ0v) is 13.1. The standard InChI is InChI=1S/C7H9N.C6H7N.2C2H6/c1-8-7-5-3-2-4-6-7;1-6-4-2-3-5-7-6;2*1-2/h2-6,8H,1H3;2-5H,1H3;2*1-2H3. The number of anilines is 1. The van der Waals surface area contributed by atoms with E-state index >= 15 is 0 Å². The molecule has 0 fully saturated rings. The second-order valence-electron chi connectivity index (χ2n) is 3.09. The monoisotopic (exact) mass is 260 g/mol. The van der Waals surface area contributed by atoms with Gasteiger partial charge in [0.2, 0.25) is 0 Å². The minimum Gasteiger partial charge on any atom is -0.388 e. The Balaban J connectivity index is 0. The molecule has 0 unspecified atom stereocenters. The molecule has 2 rings (SSSR count). The van der Waals surface area contributed by atoms with Gasteiger partial charge in [0.15, 0.2) is 0 Å². The van der Waals surface area contributed by atoms with Crippen molar-refractivity contribution in [3.05, 3.63) is 60.4 Å². The summed E-state index contributed by atoms with van der Waals surface area (Å²) in [5.41, 5.74) is 2.23. The maximum Gasteiger partial charge on any atom is 0.0372 e. The summed E-state index contributed by atoms with van der Waals surface area (Å²) >= 11 is 0. The van der Waals surface area contributed by atoms with E-state index in [-0.39, 0.29) is 0 Å². The van der Waals surface area contributed by atoms with E-state index in [0.29, 0.717) is 0 Å². The lowest BCUT2D eigenvalue weighted by Gasteiger charge is -1.94. The molecular formula is C17H28N2. The quantitative estimate of drug-likeness (QED) is 0.765. The normalized spacial score (nSPS) is 7.47. The third-order valence-corrected chi connectivity index (χ3v) is 1.88. The van der Waals surface area contributed by atoms with Gasteiger partial charge in [0.1, 0.15) is 0 Å². The van der Waals surface area contributed by atoms with E-state index in [2.05, 4.69) is 10.3 Å². The Morgan fingerprint density at radius 1 is 0.789 bits per heavy atom. The van der Waals surface area contributed by atoms with Crippen molar-refractivity contribution >= 4 is 5.69 Å². The zero-order chi connectivity index (χ0) is 14.9. The highest BCUT2D eigenvalue weighted by molar-refractivity contribution is 5.41. The van der Waals surface area contributed by atoms with Crippen molar-refractivity contribution in [2.75, 3.05) is 12.4 Å². The predicted octanol–water partition coefficient (Wildman–Crippen LogP) is 5.17. The number of aromatic nitrogens is 1. The van der Waals surface area contributed by atoms with Gasteiger partial charge in [0, 0.05) is 24.6 Å². The molecule has 106 valence electrons. The van der Waals surface area contributed by atoms with Crippen molar-refractivity contribution in [1.29, 1.82) is 0 Å². The molecule has 1 aromatic heterocycles. The maximum atomic E-state index is 3.98. The zero-order valence-electron chi connectivity index (χ0n) is 13.1. The number of pyridine rings is 1. The summed E-state index contributed by atoms with van der Waals surface area (Å²) in [6, 6.07) is 15.9. The Kier molecular flexibility index (Phi) is 16.6. The highest BCUT2D eigenvalue weighted by atomic mass is 14.8. The van der Waals surface area contributed by atoms with E-state index in [1.807, 2.05) is 90.2 Å². The number of para-hydroxylation sites is 1. The molecule has 0 amide bonds. The SMILES string of the molecule is CC.CC.CNc1ccccc1.Cc1ccccn1. The molecular weight excluding hydrogens is 232 g/mol. The van der Waals surface area contributed by atoms with Crippen LogP contribution in [0.15, 0.2) is 54.7 Å². The van der Waals surface area contributed by atoms with E-state index in [9.17, 15) is 0 Å². The molecule has 2 heteroatoms. The van der Waals surface area contributed by atoms with Gasteiger partial charge in [-0.2, -0.15) is 0 Å². The Hall–Kier alpha value is -1.83. The van der Waals surface area contributed by atoms with E-state index in [0.717, 1.165) is 11.4 Å². The number of aryl methyl sites for hydroxylation is 1. The van der Waals surface area contributed by atoms with Crippen LogP contribution in [-0.2, 0) is 0 Å². The fourth-order valence-electron chi connectivity index (χ4n) is 1.05. The van der Waals surface area contributed by atoms with Crippen LogP contribution in [0.1, 0.15) is 33.4 Å².